The highest BCUT2D eigenvalue weighted by molar-refractivity contribution is 5.91. The van der Waals surface area contributed by atoms with E-state index >= 15 is 0 Å². The maximum absolute atomic E-state index is 12.2. The van der Waals surface area contributed by atoms with E-state index in [-0.39, 0.29) is 30.2 Å². The summed E-state index contributed by atoms with van der Waals surface area (Å²) in [6.07, 6.45) is 0. The Balaban J connectivity index is 1.61. The summed E-state index contributed by atoms with van der Waals surface area (Å²) in [5.74, 6) is 5.24. The Labute approximate surface area is 168 Å². The van der Waals surface area contributed by atoms with E-state index in [0.29, 0.717) is 5.69 Å². The van der Waals surface area contributed by atoms with Crippen LogP contribution in [0.25, 0.3) is 11.3 Å². The predicted molar refractivity (Wildman–Crippen MR) is 108 cm³/mol. The van der Waals surface area contributed by atoms with Crippen LogP contribution in [-0.4, -0.2) is 32.9 Å². The van der Waals surface area contributed by atoms with Gasteiger partial charge in [-0.15, -0.1) is 0 Å². The van der Waals surface area contributed by atoms with Crippen LogP contribution in [0.2, 0.25) is 0 Å². The second kappa shape index (κ2) is 8.59. The Hall–Kier alpha value is -3.63. The lowest BCUT2D eigenvalue weighted by molar-refractivity contribution is 0.0923. The fraction of sp³-hybridized carbons (Fsp3) is 0.227. The van der Waals surface area contributed by atoms with Gasteiger partial charge in [0.05, 0.1) is 12.2 Å². The van der Waals surface area contributed by atoms with Gasteiger partial charge in [0.25, 0.3) is 11.5 Å². The average molecular weight is 391 g/mol. The van der Waals surface area contributed by atoms with E-state index in [1.54, 1.807) is 26.0 Å². The van der Waals surface area contributed by atoms with E-state index in [4.69, 9.17) is 4.42 Å². The molecular formula is C22H21N3O4. The van der Waals surface area contributed by atoms with Gasteiger partial charge in [-0.05, 0) is 38.0 Å². The van der Waals surface area contributed by atoms with Gasteiger partial charge in [-0.2, -0.15) is 5.10 Å². The summed E-state index contributed by atoms with van der Waals surface area (Å²) < 4.78 is 6.67. The number of carbonyl (C=O) groups is 1. The minimum absolute atomic E-state index is 0.100. The quantitative estimate of drug-likeness (QED) is 0.649. The highest BCUT2D eigenvalue weighted by Crippen LogP contribution is 2.14. The smallest absolute Gasteiger partial charge is 0.287 e. The minimum Gasteiger partial charge on any atom is -0.443 e. The molecule has 0 aliphatic heterocycles. The van der Waals surface area contributed by atoms with Crippen LogP contribution in [0.1, 0.15) is 30.2 Å². The van der Waals surface area contributed by atoms with Crippen molar-refractivity contribution >= 4 is 5.91 Å². The van der Waals surface area contributed by atoms with Crippen molar-refractivity contribution < 1.29 is 14.3 Å². The second-order valence-electron chi connectivity index (χ2n) is 6.87. The zero-order chi connectivity index (χ0) is 20.9. The van der Waals surface area contributed by atoms with E-state index in [9.17, 15) is 14.7 Å². The van der Waals surface area contributed by atoms with Gasteiger partial charge < -0.3 is 14.8 Å². The lowest BCUT2D eigenvalue weighted by atomic mass is 10.1. The van der Waals surface area contributed by atoms with Crippen LogP contribution in [0.3, 0.4) is 0 Å². The van der Waals surface area contributed by atoms with Crippen molar-refractivity contribution in [3.63, 3.8) is 0 Å². The molecule has 7 nitrogen and oxygen atoms in total. The summed E-state index contributed by atoms with van der Waals surface area (Å²) in [5, 5.41) is 16.6. The topological polar surface area (TPSA) is 97.4 Å². The maximum atomic E-state index is 12.2. The Kier molecular flexibility index (Phi) is 5.96. The molecule has 0 saturated carbocycles. The molecule has 0 bridgehead atoms. The number of nitrogens with one attached hydrogen (secondary N) is 1. The number of aliphatic hydroxyl groups is 1. The number of nitrogens with zero attached hydrogens (tertiary/aromatic N) is 2. The Morgan fingerprint density at radius 3 is 2.66 bits per heavy atom. The summed E-state index contributed by atoms with van der Waals surface area (Å²) in [5.41, 5.74) is 0.184. The molecule has 148 valence electrons. The van der Waals surface area contributed by atoms with E-state index in [1.165, 1.54) is 16.8 Å². The van der Waals surface area contributed by atoms with Gasteiger partial charge in [0.1, 0.15) is 5.60 Å². The SMILES string of the molecule is CC(C)(O)C#Cc1ccc(C(=O)NCCn2nc(-c3ccccc3)ccc2=O)o1. The molecule has 2 aromatic heterocycles. The molecule has 0 saturated heterocycles. The molecule has 0 atom stereocenters. The van der Waals surface area contributed by atoms with Crippen LogP contribution >= 0.6 is 0 Å². The molecule has 0 unspecified atom stereocenters. The zero-order valence-electron chi connectivity index (χ0n) is 16.2. The highest BCUT2D eigenvalue weighted by atomic mass is 16.3. The van der Waals surface area contributed by atoms with Crippen LogP contribution in [-0.2, 0) is 6.54 Å². The minimum atomic E-state index is -1.15. The average Bonchev–Trinajstić information content (AvgIpc) is 3.17. The largest absolute Gasteiger partial charge is 0.443 e. The molecule has 3 aromatic rings. The first kappa shape index (κ1) is 20.1. The fourth-order valence-electron chi connectivity index (χ4n) is 2.48. The maximum Gasteiger partial charge on any atom is 0.287 e. The molecule has 2 heterocycles. The van der Waals surface area contributed by atoms with Crippen LogP contribution in [0.5, 0.6) is 0 Å². The van der Waals surface area contributed by atoms with Gasteiger partial charge in [0, 0.05) is 18.2 Å². The number of amides is 1. The van der Waals surface area contributed by atoms with E-state index in [2.05, 4.69) is 22.3 Å². The molecule has 29 heavy (non-hydrogen) atoms. The van der Waals surface area contributed by atoms with E-state index in [0.717, 1.165) is 5.56 Å². The van der Waals surface area contributed by atoms with Gasteiger partial charge in [0.15, 0.2) is 11.5 Å². The summed E-state index contributed by atoms with van der Waals surface area (Å²) in [6, 6.07) is 15.7. The molecule has 1 amide bonds. The number of carbonyl (C=O) groups excluding carboxylic acids is 1. The van der Waals surface area contributed by atoms with Crippen LogP contribution < -0.4 is 10.9 Å². The number of aromatic nitrogens is 2. The van der Waals surface area contributed by atoms with Crippen molar-refractivity contribution in [2.45, 2.75) is 26.0 Å². The molecule has 3 rings (SSSR count). The van der Waals surface area contributed by atoms with Crippen molar-refractivity contribution in [1.82, 2.24) is 15.1 Å². The van der Waals surface area contributed by atoms with Crippen LogP contribution in [0.4, 0.5) is 0 Å². The lowest BCUT2D eigenvalue weighted by Gasteiger charge is -2.08. The number of benzene rings is 1. The number of hydrogen-bond acceptors (Lipinski definition) is 5. The van der Waals surface area contributed by atoms with Crippen molar-refractivity contribution in [2.75, 3.05) is 6.54 Å². The van der Waals surface area contributed by atoms with Gasteiger partial charge in [0.2, 0.25) is 0 Å². The highest BCUT2D eigenvalue weighted by Gasteiger charge is 2.11. The Morgan fingerprint density at radius 1 is 1.17 bits per heavy atom. The molecule has 0 aliphatic rings. The van der Waals surface area contributed by atoms with E-state index < -0.39 is 11.5 Å². The number of furan rings is 1. The molecule has 0 spiro atoms. The lowest BCUT2D eigenvalue weighted by Crippen LogP contribution is -2.31. The molecule has 1 aromatic carbocycles. The first-order chi connectivity index (χ1) is 13.8. The monoisotopic (exact) mass is 391 g/mol. The first-order valence-electron chi connectivity index (χ1n) is 9.09. The van der Waals surface area contributed by atoms with E-state index in [1.807, 2.05) is 30.3 Å². The van der Waals surface area contributed by atoms with Gasteiger partial charge in [-0.25, -0.2) is 4.68 Å². The van der Waals surface area contributed by atoms with Gasteiger partial charge in [-0.1, -0.05) is 36.3 Å². The van der Waals surface area contributed by atoms with Crippen molar-refractivity contribution in [1.29, 1.82) is 0 Å². The van der Waals surface area contributed by atoms with Crippen molar-refractivity contribution in [3.05, 3.63) is 76.5 Å². The number of rotatable bonds is 5. The molecule has 2 N–H and O–H groups in total. The Bertz CT molecular complexity index is 1110. The Morgan fingerprint density at radius 2 is 1.93 bits per heavy atom. The second-order valence-corrected chi connectivity index (χ2v) is 6.87. The number of hydrogen-bond donors (Lipinski definition) is 2. The third-order valence-electron chi connectivity index (χ3n) is 3.87. The summed E-state index contributed by atoms with van der Waals surface area (Å²) in [6.45, 7) is 3.53. The third kappa shape index (κ3) is 5.67. The van der Waals surface area contributed by atoms with Crippen LogP contribution in [0.15, 0.2) is 63.8 Å². The van der Waals surface area contributed by atoms with Gasteiger partial charge in [-0.3, -0.25) is 9.59 Å². The fourth-order valence-corrected chi connectivity index (χ4v) is 2.48. The summed E-state index contributed by atoms with van der Waals surface area (Å²) in [4.78, 5) is 24.3. The standard InChI is InChI=1S/C22H21N3O4/c1-22(2,28)13-12-17-8-10-19(29-17)21(27)23-14-15-25-20(26)11-9-18(24-25)16-6-4-3-5-7-16/h3-11,28H,14-15H2,1-2H3,(H,23,27). The molecule has 0 aliphatic carbocycles. The molecule has 0 radical (unpaired) electrons. The molecule has 7 heteroatoms. The normalized spacial score (nSPS) is 10.9. The van der Waals surface area contributed by atoms with Crippen LogP contribution in [0, 0.1) is 11.8 Å². The summed E-state index contributed by atoms with van der Waals surface area (Å²) in [7, 11) is 0. The third-order valence-corrected chi connectivity index (χ3v) is 3.87. The zero-order valence-corrected chi connectivity index (χ0v) is 16.2. The molecule has 0 fully saturated rings. The van der Waals surface area contributed by atoms with Crippen molar-refractivity contribution in [3.8, 4) is 23.1 Å². The molecular weight excluding hydrogens is 370 g/mol. The summed E-state index contributed by atoms with van der Waals surface area (Å²) >= 11 is 0. The first-order valence-corrected chi connectivity index (χ1v) is 9.09. The van der Waals surface area contributed by atoms with Gasteiger partial charge >= 0.3 is 0 Å². The predicted octanol–water partition coefficient (Wildman–Crippen LogP) is 2.06. The van der Waals surface area contributed by atoms with Crippen molar-refractivity contribution in [2.24, 2.45) is 0 Å².